The third-order valence-electron chi connectivity index (χ3n) is 6.89. The van der Waals surface area contributed by atoms with Gasteiger partial charge in [-0.3, -0.25) is 9.59 Å². The van der Waals surface area contributed by atoms with Crippen LogP contribution in [0.15, 0.2) is 47.1 Å². The smallest absolute Gasteiger partial charge is 0.291 e. The highest BCUT2D eigenvalue weighted by atomic mass is 16.3. The molecular formula is C24H28N4O3. The van der Waals surface area contributed by atoms with Crippen LogP contribution in [0.4, 0.5) is 0 Å². The summed E-state index contributed by atoms with van der Waals surface area (Å²) in [6.45, 7) is 4.69. The van der Waals surface area contributed by atoms with Gasteiger partial charge in [0.1, 0.15) is 11.3 Å². The fourth-order valence-electron chi connectivity index (χ4n) is 4.88. The van der Waals surface area contributed by atoms with Gasteiger partial charge >= 0.3 is 0 Å². The van der Waals surface area contributed by atoms with Crippen molar-refractivity contribution < 1.29 is 14.0 Å². The van der Waals surface area contributed by atoms with E-state index in [1.165, 1.54) is 0 Å². The molecule has 1 saturated carbocycles. The molecule has 1 aromatic carbocycles. The highest BCUT2D eigenvalue weighted by Gasteiger charge is 2.49. The zero-order chi connectivity index (χ0) is 21.6. The summed E-state index contributed by atoms with van der Waals surface area (Å²) in [4.78, 5) is 33.4. The minimum absolute atomic E-state index is 0.115. The van der Waals surface area contributed by atoms with E-state index in [1.807, 2.05) is 41.8 Å². The molecule has 0 spiro atoms. The number of imidazole rings is 1. The number of benzene rings is 1. The Kier molecular flexibility index (Phi) is 4.84. The number of para-hydroxylation sites is 2. The Balaban J connectivity index is 1.51. The molecule has 3 heterocycles. The first-order chi connectivity index (χ1) is 15.0. The molecule has 7 nitrogen and oxygen atoms in total. The van der Waals surface area contributed by atoms with Gasteiger partial charge in [0, 0.05) is 6.04 Å². The van der Waals surface area contributed by atoms with E-state index < -0.39 is 5.54 Å². The topological polar surface area (TPSA) is 80.4 Å². The number of carbonyl (C=O) groups is 2. The number of hydrogen-bond acceptors (Lipinski definition) is 4. The van der Waals surface area contributed by atoms with E-state index in [2.05, 4.69) is 17.2 Å². The molecule has 1 aliphatic carbocycles. The molecule has 5 rings (SSSR count). The standard InChI is InChI=1S/C24H28N4O3/c1-16-9-11-17(12-10-16)25-23(30)24(2)15-27-20-8-4-3-7-19(20)26-21(27)22(29)28(24)14-18-6-5-13-31-18/h3-8,13,16-17H,9-12,14-15H2,1-2H3,(H,25,30)/t16?,17?,24-/m1/s1. The Bertz CT molecular complexity index is 1110. The zero-order valence-corrected chi connectivity index (χ0v) is 18.0. The maximum atomic E-state index is 13.7. The first-order valence-corrected chi connectivity index (χ1v) is 11.1. The Morgan fingerprint density at radius 3 is 2.71 bits per heavy atom. The fourth-order valence-corrected chi connectivity index (χ4v) is 4.88. The SMILES string of the molecule is CC1CCC(NC(=O)[C@@]2(C)Cn3c(nc4ccccc43)C(=O)N2Cc2ccco2)CC1. The third kappa shape index (κ3) is 3.42. The maximum Gasteiger partial charge on any atom is 0.291 e. The predicted octanol–water partition coefficient (Wildman–Crippen LogP) is 3.74. The molecular weight excluding hydrogens is 392 g/mol. The number of nitrogens with zero attached hydrogens (tertiary/aromatic N) is 3. The van der Waals surface area contributed by atoms with E-state index in [0.29, 0.717) is 24.0 Å². The molecule has 0 bridgehead atoms. The second-order valence-corrected chi connectivity index (χ2v) is 9.19. The van der Waals surface area contributed by atoms with Gasteiger partial charge in [-0.2, -0.15) is 0 Å². The van der Waals surface area contributed by atoms with Crippen molar-refractivity contribution in [2.75, 3.05) is 0 Å². The van der Waals surface area contributed by atoms with Gasteiger partial charge < -0.3 is 19.2 Å². The highest BCUT2D eigenvalue weighted by Crippen LogP contribution is 2.33. The molecule has 1 N–H and O–H groups in total. The van der Waals surface area contributed by atoms with Gasteiger partial charge in [-0.25, -0.2) is 4.98 Å². The molecule has 3 aromatic rings. The molecule has 0 saturated heterocycles. The molecule has 0 unspecified atom stereocenters. The van der Waals surface area contributed by atoms with Crippen LogP contribution in [-0.2, 0) is 17.9 Å². The van der Waals surface area contributed by atoms with Crippen molar-refractivity contribution in [3.63, 3.8) is 0 Å². The van der Waals surface area contributed by atoms with Crippen molar-refractivity contribution in [2.45, 2.75) is 64.2 Å². The summed E-state index contributed by atoms with van der Waals surface area (Å²) in [5, 5.41) is 3.25. The van der Waals surface area contributed by atoms with Crippen LogP contribution in [0.2, 0.25) is 0 Å². The van der Waals surface area contributed by atoms with E-state index in [1.54, 1.807) is 17.2 Å². The second-order valence-electron chi connectivity index (χ2n) is 9.19. The van der Waals surface area contributed by atoms with E-state index in [0.717, 1.165) is 36.7 Å². The number of carbonyl (C=O) groups excluding carboxylic acids is 2. The number of nitrogens with one attached hydrogen (secondary N) is 1. The molecule has 2 amide bonds. The number of aromatic nitrogens is 2. The van der Waals surface area contributed by atoms with E-state index in [-0.39, 0.29) is 24.4 Å². The van der Waals surface area contributed by atoms with Crippen molar-refractivity contribution in [3.8, 4) is 0 Å². The van der Waals surface area contributed by atoms with Crippen LogP contribution < -0.4 is 5.32 Å². The van der Waals surface area contributed by atoms with E-state index >= 15 is 0 Å². The average molecular weight is 421 g/mol. The Labute approximate surface area is 181 Å². The van der Waals surface area contributed by atoms with Crippen molar-refractivity contribution in [1.29, 1.82) is 0 Å². The lowest BCUT2D eigenvalue weighted by Gasteiger charge is -2.44. The minimum atomic E-state index is -1.05. The van der Waals surface area contributed by atoms with Gasteiger partial charge in [0.25, 0.3) is 5.91 Å². The normalized spacial score (nSPS) is 26.1. The van der Waals surface area contributed by atoms with Gasteiger partial charge in [0.15, 0.2) is 5.82 Å². The zero-order valence-electron chi connectivity index (χ0n) is 18.0. The largest absolute Gasteiger partial charge is 0.467 e. The number of fused-ring (bicyclic) bond motifs is 3. The quantitative estimate of drug-likeness (QED) is 0.697. The first-order valence-electron chi connectivity index (χ1n) is 11.1. The summed E-state index contributed by atoms with van der Waals surface area (Å²) in [7, 11) is 0. The van der Waals surface area contributed by atoms with Gasteiger partial charge in [-0.05, 0) is 62.8 Å². The van der Waals surface area contributed by atoms with Crippen LogP contribution in [-0.4, -0.2) is 37.8 Å². The summed E-state index contributed by atoms with van der Waals surface area (Å²) in [6.07, 6.45) is 5.78. The highest BCUT2D eigenvalue weighted by molar-refractivity contribution is 6.01. The molecule has 2 aliphatic rings. The molecule has 1 aliphatic heterocycles. The van der Waals surface area contributed by atoms with Crippen LogP contribution >= 0.6 is 0 Å². The Hall–Kier alpha value is -3.09. The van der Waals surface area contributed by atoms with Gasteiger partial charge in [0.2, 0.25) is 5.91 Å². The molecule has 2 aromatic heterocycles. The van der Waals surface area contributed by atoms with Gasteiger partial charge in [-0.1, -0.05) is 19.1 Å². The van der Waals surface area contributed by atoms with Crippen molar-refractivity contribution in [2.24, 2.45) is 5.92 Å². The maximum absolute atomic E-state index is 13.7. The predicted molar refractivity (Wildman–Crippen MR) is 116 cm³/mol. The van der Waals surface area contributed by atoms with Crippen molar-refractivity contribution in [1.82, 2.24) is 19.8 Å². The monoisotopic (exact) mass is 420 g/mol. The van der Waals surface area contributed by atoms with Gasteiger partial charge in [0.05, 0.1) is 30.4 Å². The molecule has 1 fully saturated rings. The lowest BCUT2D eigenvalue weighted by atomic mass is 9.86. The lowest BCUT2D eigenvalue weighted by molar-refractivity contribution is -0.134. The molecule has 1 atom stereocenters. The number of rotatable bonds is 4. The third-order valence-corrected chi connectivity index (χ3v) is 6.89. The lowest BCUT2D eigenvalue weighted by Crippen LogP contribution is -2.64. The fraction of sp³-hybridized carbons (Fsp3) is 0.458. The summed E-state index contributed by atoms with van der Waals surface area (Å²) < 4.78 is 7.40. The summed E-state index contributed by atoms with van der Waals surface area (Å²) >= 11 is 0. The van der Waals surface area contributed by atoms with Crippen LogP contribution in [0.1, 0.15) is 55.9 Å². The molecule has 7 heteroatoms. The molecule has 162 valence electrons. The Morgan fingerprint density at radius 1 is 1.19 bits per heavy atom. The summed E-state index contributed by atoms with van der Waals surface area (Å²) in [5.41, 5.74) is 0.576. The second kappa shape index (κ2) is 7.55. The van der Waals surface area contributed by atoms with Gasteiger partial charge in [-0.15, -0.1) is 0 Å². The van der Waals surface area contributed by atoms with Crippen LogP contribution in [0, 0.1) is 5.92 Å². The van der Waals surface area contributed by atoms with Crippen molar-refractivity contribution >= 4 is 22.8 Å². The van der Waals surface area contributed by atoms with Crippen LogP contribution in [0.3, 0.4) is 0 Å². The summed E-state index contributed by atoms with van der Waals surface area (Å²) in [6, 6.07) is 11.4. The number of furan rings is 1. The molecule has 31 heavy (non-hydrogen) atoms. The van der Waals surface area contributed by atoms with Crippen LogP contribution in [0.5, 0.6) is 0 Å². The van der Waals surface area contributed by atoms with E-state index in [4.69, 9.17) is 4.42 Å². The number of hydrogen-bond donors (Lipinski definition) is 1. The minimum Gasteiger partial charge on any atom is -0.467 e. The van der Waals surface area contributed by atoms with Crippen molar-refractivity contribution in [3.05, 3.63) is 54.2 Å². The van der Waals surface area contributed by atoms with E-state index in [9.17, 15) is 9.59 Å². The Morgan fingerprint density at radius 2 is 1.97 bits per heavy atom. The number of amides is 2. The summed E-state index contributed by atoms with van der Waals surface area (Å²) in [5.74, 6) is 1.34. The molecule has 0 radical (unpaired) electrons. The average Bonchev–Trinajstić information content (AvgIpc) is 3.41. The first kappa shape index (κ1) is 19.8. The van der Waals surface area contributed by atoms with Crippen LogP contribution in [0.25, 0.3) is 11.0 Å².